The van der Waals surface area contributed by atoms with Gasteiger partial charge in [-0.15, -0.1) is 0 Å². The maximum absolute atomic E-state index is 12.9. The number of hydrogen-bond donors (Lipinski definition) is 1. The molecule has 0 bridgehead atoms. The Balaban J connectivity index is 1.86. The second-order valence-corrected chi connectivity index (χ2v) is 7.83. The summed E-state index contributed by atoms with van der Waals surface area (Å²) in [4.78, 5) is 31.8. The summed E-state index contributed by atoms with van der Waals surface area (Å²) in [6.07, 6.45) is 2.34. The Kier molecular flexibility index (Phi) is 5.35. The number of benzene rings is 1. The first-order valence-corrected chi connectivity index (χ1v) is 9.47. The molecule has 5 nitrogen and oxygen atoms in total. The molecule has 3 rings (SSSR count). The summed E-state index contributed by atoms with van der Waals surface area (Å²) < 4.78 is 0. The van der Waals surface area contributed by atoms with Gasteiger partial charge in [0.1, 0.15) is 0 Å². The van der Waals surface area contributed by atoms with Gasteiger partial charge in [0.15, 0.2) is 0 Å². The van der Waals surface area contributed by atoms with Gasteiger partial charge < -0.3 is 14.8 Å². The molecule has 26 heavy (non-hydrogen) atoms. The fourth-order valence-electron chi connectivity index (χ4n) is 3.89. The molecule has 2 aromatic rings. The van der Waals surface area contributed by atoms with E-state index >= 15 is 0 Å². The molecule has 0 saturated heterocycles. The van der Waals surface area contributed by atoms with Gasteiger partial charge in [0, 0.05) is 50.1 Å². The van der Waals surface area contributed by atoms with Crippen LogP contribution >= 0.6 is 0 Å². The van der Waals surface area contributed by atoms with Crippen LogP contribution in [0.4, 0.5) is 0 Å². The van der Waals surface area contributed by atoms with Gasteiger partial charge in [-0.05, 0) is 30.4 Å². The van der Waals surface area contributed by atoms with Crippen LogP contribution in [0, 0.1) is 5.92 Å². The molecule has 0 saturated carbocycles. The topological polar surface area (TPSA) is 56.4 Å². The van der Waals surface area contributed by atoms with Gasteiger partial charge >= 0.3 is 0 Å². The summed E-state index contributed by atoms with van der Waals surface area (Å²) in [6, 6.07) is 8.43. The van der Waals surface area contributed by atoms with Crippen LogP contribution in [-0.4, -0.2) is 47.2 Å². The van der Waals surface area contributed by atoms with Gasteiger partial charge in [0.2, 0.25) is 11.8 Å². The Morgan fingerprint density at radius 1 is 1.23 bits per heavy atom. The van der Waals surface area contributed by atoms with Gasteiger partial charge in [-0.1, -0.05) is 32.0 Å². The number of H-pyrrole nitrogens is 1. The van der Waals surface area contributed by atoms with Crippen molar-refractivity contribution in [2.45, 2.75) is 45.6 Å². The highest BCUT2D eigenvalue weighted by Crippen LogP contribution is 2.38. The SMILES string of the molecule is CC(C)CC1c2[nH]c3ccccc3c2CCN1C(=O)CCC(=O)N(C)C. The highest BCUT2D eigenvalue weighted by molar-refractivity contribution is 5.87. The van der Waals surface area contributed by atoms with E-state index in [0.29, 0.717) is 5.92 Å². The van der Waals surface area contributed by atoms with Crippen LogP contribution in [0.3, 0.4) is 0 Å². The molecule has 0 aliphatic carbocycles. The van der Waals surface area contributed by atoms with Gasteiger partial charge in [0.25, 0.3) is 0 Å². The smallest absolute Gasteiger partial charge is 0.223 e. The maximum atomic E-state index is 12.9. The Hall–Kier alpha value is -2.30. The van der Waals surface area contributed by atoms with Crippen molar-refractivity contribution in [2.24, 2.45) is 5.92 Å². The molecule has 2 amide bonds. The molecule has 1 aliphatic heterocycles. The van der Waals surface area contributed by atoms with E-state index < -0.39 is 0 Å². The Morgan fingerprint density at radius 2 is 1.96 bits per heavy atom. The predicted octanol–water partition coefficient (Wildman–Crippen LogP) is 3.51. The van der Waals surface area contributed by atoms with E-state index in [4.69, 9.17) is 0 Å². The van der Waals surface area contributed by atoms with Crippen molar-refractivity contribution in [2.75, 3.05) is 20.6 Å². The molecule has 1 aliphatic rings. The van der Waals surface area contributed by atoms with Crippen LogP contribution in [0.5, 0.6) is 0 Å². The minimum Gasteiger partial charge on any atom is -0.356 e. The van der Waals surface area contributed by atoms with Crippen molar-refractivity contribution < 1.29 is 9.59 Å². The number of amides is 2. The predicted molar refractivity (Wildman–Crippen MR) is 104 cm³/mol. The molecule has 0 radical (unpaired) electrons. The number of carbonyl (C=O) groups excluding carboxylic acids is 2. The summed E-state index contributed by atoms with van der Waals surface area (Å²) in [7, 11) is 3.46. The lowest BCUT2D eigenvalue weighted by molar-refractivity contribution is -0.138. The lowest BCUT2D eigenvalue weighted by atomic mass is 9.91. The number of rotatable bonds is 5. The lowest BCUT2D eigenvalue weighted by Gasteiger charge is -2.37. The molecule has 140 valence electrons. The molecule has 0 fully saturated rings. The van der Waals surface area contributed by atoms with Crippen molar-refractivity contribution >= 4 is 22.7 Å². The first kappa shape index (κ1) is 18.5. The zero-order valence-electron chi connectivity index (χ0n) is 16.2. The number of aromatic nitrogens is 1. The number of fused-ring (bicyclic) bond motifs is 3. The van der Waals surface area contributed by atoms with Crippen LogP contribution < -0.4 is 0 Å². The van der Waals surface area contributed by atoms with Crippen LogP contribution in [0.25, 0.3) is 10.9 Å². The van der Waals surface area contributed by atoms with Crippen molar-refractivity contribution in [3.63, 3.8) is 0 Å². The Morgan fingerprint density at radius 3 is 2.65 bits per heavy atom. The first-order chi connectivity index (χ1) is 12.4. The fraction of sp³-hybridized carbons (Fsp3) is 0.524. The van der Waals surface area contributed by atoms with Crippen molar-refractivity contribution in [1.29, 1.82) is 0 Å². The number of hydrogen-bond acceptors (Lipinski definition) is 2. The standard InChI is InChI=1S/C21H29N3O2/c1-14(2)13-18-21-16(15-7-5-6-8-17(15)22-21)11-12-24(18)20(26)10-9-19(25)23(3)4/h5-8,14,18,22H,9-13H2,1-4H3. The maximum Gasteiger partial charge on any atom is 0.223 e. The molecule has 0 spiro atoms. The summed E-state index contributed by atoms with van der Waals surface area (Å²) >= 11 is 0. The molecule has 1 N–H and O–H groups in total. The number of para-hydroxylation sites is 1. The molecular weight excluding hydrogens is 326 g/mol. The largest absolute Gasteiger partial charge is 0.356 e. The summed E-state index contributed by atoms with van der Waals surface area (Å²) in [5, 5.41) is 1.27. The minimum atomic E-state index is 0.00192. The Labute approximate surface area is 155 Å². The molecule has 5 heteroatoms. The van der Waals surface area contributed by atoms with E-state index in [1.165, 1.54) is 16.6 Å². The first-order valence-electron chi connectivity index (χ1n) is 9.47. The number of aromatic amines is 1. The average Bonchev–Trinajstić information content (AvgIpc) is 2.98. The molecule has 1 unspecified atom stereocenters. The van der Waals surface area contributed by atoms with Gasteiger partial charge in [0.05, 0.1) is 6.04 Å². The number of nitrogens with one attached hydrogen (secondary N) is 1. The third-order valence-corrected chi connectivity index (χ3v) is 5.23. The van der Waals surface area contributed by atoms with Crippen molar-refractivity contribution in [3.8, 4) is 0 Å². The van der Waals surface area contributed by atoms with Gasteiger partial charge in [-0.3, -0.25) is 9.59 Å². The normalized spacial score (nSPS) is 16.8. The van der Waals surface area contributed by atoms with Crippen molar-refractivity contribution in [3.05, 3.63) is 35.5 Å². The second kappa shape index (κ2) is 7.52. The third-order valence-electron chi connectivity index (χ3n) is 5.23. The monoisotopic (exact) mass is 355 g/mol. The molecule has 1 aromatic heterocycles. The van der Waals surface area contributed by atoms with E-state index in [0.717, 1.165) is 24.9 Å². The summed E-state index contributed by atoms with van der Waals surface area (Å²) in [5.74, 6) is 0.563. The highest BCUT2D eigenvalue weighted by atomic mass is 16.2. The quantitative estimate of drug-likeness (QED) is 0.892. The average molecular weight is 355 g/mol. The van der Waals surface area contributed by atoms with Crippen LogP contribution in [-0.2, 0) is 16.0 Å². The minimum absolute atomic E-state index is 0.00192. The number of carbonyl (C=O) groups is 2. The van der Waals surface area contributed by atoms with Gasteiger partial charge in [-0.25, -0.2) is 0 Å². The highest BCUT2D eigenvalue weighted by Gasteiger charge is 2.33. The fourth-order valence-corrected chi connectivity index (χ4v) is 3.89. The molecule has 1 atom stereocenters. The van der Waals surface area contributed by atoms with Crippen molar-refractivity contribution in [1.82, 2.24) is 14.8 Å². The summed E-state index contributed by atoms with van der Waals surface area (Å²) in [5.41, 5.74) is 3.67. The Bertz CT molecular complexity index is 807. The van der Waals surface area contributed by atoms with Crippen LogP contribution in [0.15, 0.2) is 24.3 Å². The van der Waals surface area contributed by atoms with E-state index in [2.05, 4.69) is 37.0 Å². The zero-order chi connectivity index (χ0) is 18.8. The third kappa shape index (κ3) is 3.62. The van der Waals surface area contributed by atoms with E-state index in [1.807, 2.05) is 11.0 Å². The molecule has 1 aromatic carbocycles. The van der Waals surface area contributed by atoms with E-state index in [1.54, 1.807) is 19.0 Å². The number of nitrogens with zero attached hydrogens (tertiary/aromatic N) is 2. The molecule has 2 heterocycles. The molecular formula is C21H29N3O2. The van der Waals surface area contributed by atoms with Crippen LogP contribution in [0.2, 0.25) is 0 Å². The second-order valence-electron chi connectivity index (χ2n) is 7.83. The van der Waals surface area contributed by atoms with Gasteiger partial charge in [-0.2, -0.15) is 0 Å². The lowest BCUT2D eigenvalue weighted by Crippen LogP contribution is -2.41. The van der Waals surface area contributed by atoms with E-state index in [-0.39, 0.29) is 30.7 Å². The van der Waals surface area contributed by atoms with E-state index in [9.17, 15) is 9.59 Å². The summed E-state index contributed by atoms with van der Waals surface area (Å²) in [6.45, 7) is 5.10. The van der Waals surface area contributed by atoms with Crippen LogP contribution in [0.1, 0.15) is 50.4 Å². The zero-order valence-corrected chi connectivity index (χ0v) is 16.2.